The number of aryl methyl sites for hydroxylation is 1. The smallest absolute Gasteiger partial charge is 0.208 e. The van der Waals surface area contributed by atoms with Crippen molar-refractivity contribution in [2.45, 2.75) is 6.92 Å². The van der Waals surface area contributed by atoms with Crippen molar-refractivity contribution in [3.63, 3.8) is 0 Å². The Bertz CT molecular complexity index is 991. The number of halogens is 2. The van der Waals surface area contributed by atoms with E-state index in [1.54, 1.807) is 6.92 Å². The van der Waals surface area contributed by atoms with Crippen molar-refractivity contribution in [3.05, 3.63) is 38.0 Å². The molecule has 0 aliphatic rings. The zero-order valence-corrected chi connectivity index (χ0v) is 13.0. The molecule has 0 bridgehead atoms. The Morgan fingerprint density at radius 2 is 1.77 bits per heavy atom. The van der Waals surface area contributed by atoms with Gasteiger partial charge in [-0.1, -0.05) is 23.2 Å². The molecule has 2 aromatic carbocycles. The molecule has 0 aliphatic carbocycles. The van der Waals surface area contributed by atoms with Crippen molar-refractivity contribution in [2.75, 3.05) is 7.11 Å². The maximum atomic E-state index is 12.7. The lowest BCUT2D eigenvalue weighted by molar-refractivity contribution is 0.406. The van der Waals surface area contributed by atoms with Gasteiger partial charge in [0, 0.05) is 0 Å². The van der Waals surface area contributed by atoms with Crippen LogP contribution in [0.25, 0.3) is 21.9 Å². The van der Waals surface area contributed by atoms with Crippen LogP contribution in [-0.2, 0) is 0 Å². The number of hydrogen-bond donors (Lipinski definition) is 2. The average molecular weight is 341 g/mol. The van der Waals surface area contributed by atoms with Gasteiger partial charge in [-0.05, 0) is 24.6 Å². The Labute approximate surface area is 134 Å². The van der Waals surface area contributed by atoms with Gasteiger partial charge < -0.3 is 19.4 Å². The maximum Gasteiger partial charge on any atom is 0.208 e. The van der Waals surface area contributed by atoms with Gasteiger partial charge in [-0.25, -0.2) is 0 Å². The number of hydrogen-bond acceptors (Lipinski definition) is 5. The van der Waals surface area contributed by atoms with Crippen LogP contribution in [0.4, 0.5) is 0 Å². The molecule has 0 spiro atoms. The second kappa shape index (κ2) is 4.97. The molecule has 0 saturated carbocycles. The Kier molecular flexibility index (Phi) is 3.34. The summed E-state index contributed by atoms with van der Waals surface area (Å²) in [6.45, 7) is 1.70. The van der Waals surface area contributed by atoms with Crippen LogP contribution in [0.5, 0.6) is 17.2 Å². The Hall–Kier alpha value is -2.11. The van der Waals surface area contributed by atoms with Gasteiger partial charge in [-0.3, -0.25) is 4.79 Å². The van der Waals surface area contributed by atoms with Gasteiger partial charge in [0.15, 0.2) is 16.9 Å². The van der Waals surface area contributed by atoms with E-state index in [9.17, 15) is 15.0 Å². The topological polar surface area (TPSA) is 79.9 Å². The number of aromatic hydroxyl groups is 2. The molecule has 0 fully saturated rings. The molecule has 0 atom stereocenters. The fourth-order valence-corrected chi connectivity index (χ4v) is 2.95. The molecule has 22 heavy (non-hydrogen) atoms. The molecule has 2 N–H and O–H groups in total. The fourth-order valence-electron chi connectivity index (χ4n) is 2.45. The van der Waals surface area contributed by atoms with Gasteiger partial charge in [0.2, 0.25) is 5.43 Å². The summed E-state index contributed by atoms with van der Waals surface area (Å²) < 4.78 is 10.9. The predicted molar refractivity (Wildman–Crippen MR) is 84.6 cm³/mol. The first-order valence-electron chi connectivity index (χ1n) is 6.20. The number of fused-ring (bicyclic) bond motifs is 2. The van der Waals surface area contributed by atoms with Crippen LogP contribution in [-0.4, -0.2) is 17.3 Å². The minimum Gasteiger partial charge on any atom is -0.507 e. The van der Waals surface area contributed by atoms with Crippen molar-refractivity contribution < 1.29 is 19.4 Å². The molecule has 5 nitrogen and oxygen atoms in total. The van der Waals surface area contributed by atoms with Gasteiger partial charge in [0.05, 0.1) is 17.2 Å². The van der Waals surface area contributed by atoms with Crippen molar-refractivity contribution >= 4 is 45.1 Å². The van der Waals surface area contributed by atoms with Gasteiger partial charge in [-0.2, -0.15) is 0 Å². The Morgan fingerprint density at radius 3 is 2.41 bits per heavy atom. The van der Waals surface area contributed by atoms with Gasteiger partial charge >= 0.3 is 0 Å². The number of ether oxygens (including phenoxy) is 1. The normalized spacial score (nSPS) is 11.3. The van der Waals surface area contributed by atoms with E-state index in [1.807, 2.05) is 0 Å². The lowest BCUT2D eigenvalue weighted by Gasteiger charge is -2.11. The number of methoxy groups -OCH3 is 1. The van der Waals surface area contributed by atoms with Crippen LogP contribution in [0.1, 0.15) is 5.56 Å². The Balaban J connectivity index is 2.70. The highest BCUT2D eigenvalue weighted by Gasteiger charge is 2.22. The van der Waals surface area contributed by atoms with E-state index < -0.39 is 11.2 Å². The summed E-state index contributed by atoms with van der Waals surface area (Å²) in [6, 6.07) is 2.66. The second-order valence-electron chi connectivity index (χ2n) is 4.77. The minimum absolute atomic E-state index is 0.0237. The molecular formula is C15H10Cl2O5. The molecular weight excluding hydrogens is 331 g/mol. The van der Waals surface area contributed by atoms with E-state index in [2.05, 4.69) is 0 Å². The second-order valence-corrected chi connectivity index (χ2v) is 5.59. The van der Waals surface area contributed by atoms with Crippen LogP contribution in [0.15, 0.2) is 21.3 Å². The molecule has 7 heteroatoms. The average Bonchev–Trinajstić information content (AvgIpc) is 2.44. The van der Waals surface area contributed by atoms with Gasteiger partial charge in [0.1, 0.15) is 22.3 Å². The highest BCUT2D eigenvalue weighted by atomic mass is 35.5. The monoisotopic (exact) mass is 340 g/mol. The number of rotatable bonds is 1. The first kappa shape index (κ1) is 14.8. The molecule has 0 radical (unpaired) electrons. The van der Waals surface area contributed by atoms with Crippen LogP contribution in [0, 0.1) is 6.92 Å². The minimum atomic E-state index is -0.644. The molecule has 1 heterocycles. The predicted octanol–water partition coefficient (Wildman–Crippen LogP) is 3.98. The Morgan fingerprint density at radius 1 is 1.09 bits per heavy atom. The molecule has 0 amide bonds. The first-order valence-corrected chi connectivity index (χ1v) is 6.96. The van der Waals surface area contributed by atoms with Crippen LogP contribution < -0.4 is 10.2 Å². The fraction of sp³-hybridized carbons (Fsp3) is 0.133. The largest absolute Gasteiger partial charge is 0.507 e. The lowest BCUT2D eigenvalue weighted by Crippen LogP contribution is -2.05. The third kappa shape index (κ3) is 1.90. The van der Waals surface area contributed by atoms with Crippen LogP contribution in [0.3, 0.4) is 0 Å². The van der Waals surface area contributed by atoms with E-state index in [0.29, 0.717) is 11.3 Å². The molecule has 0 aliphatic heterocycles. The van der Waals surface area contributed by atoms with Crippen molar-refractivity contribution in [1.82, 2.24) is 0 Å². The molecule has 3 rings (SSSR count). The SMILES string of the molecule is COc1c(C)cc(O)c2c(=O)c3c(O)c(Cl)cc(Cl)c3oc12. The summed E-state index contributed by atoms with van der Waals surface area (Å²) in [4.78, 5) is 12.7. The molecule has 0 saturated heterocycles. The number of phenols is 2. The first-order chi connectivity index (χ1) is 10.4. The summed E-state index contributed by atoms with van der Waals surface area (Å²) in [7, 11) is 1.42. The van der Waals surface area contributed by atoms with E-state index in [0.717, 1.165) is 0 Å². The summed E-state index contributed by atoms with van der Waals surface area (Å²) in [5.74, 6) is -0.424. The molecule has 114 valence electrons. The molecule has 3 aromatic rings. The zero-order chi connectivity index (χ0) is 16.2. The highest BCUT2D eigenvalue weighted by Crippen LogP contribution is 2.41. The summed E-state index contributed by atoms with van der Waals surface area (Å²) in [6.07, 6.45) is 0. The third-order valence-electron chi connectivity index (χ3n) is 3.42. The molecule has 1 aromatic heterocycles. The lowest BCUT2D eigenvalue weighted by atomic mass is 10.1. The standard InChI is InChI=1S/C15H10Cl2O5/c1-5-3-8(18)9-12(20)10-11(19)6(16)4-7(17)14(10)22-15(9)13(5)21-2/h3-4,18-19H,1-2H3. The number of phenolic OH excluding ortho intramolecular Hbond substituents is 2. The summed E-state index contributed by atoms with van der Waals surface area (Å²) in [5.41, 5.74) is -0.0243. The van der Waals surface area contributed by atoms with Gasteiger partial charge in [0.25, 0.3) is 0 Å². The van der Waals surface area contributed by atoms with Crippen molar-refractivity contribution in [1.29, 1.82) is 0 Å². The molecule has 0 unspecified atom stereocenters. The highest BCUT2D eigenvalue weighted by molar-refractivity contribution is 6.39. The van der Waals surface area contributed by atoms with E-state index in [1.165, 1.54) is 19.2 Å². The van der Waals surface area contributed by atoms with Crippen LogP contribution >= 0.6 is 23.2 Å². The number of benzene rings is 2. The van der Waals surface area contributed by atoms with E-state index in [4.69, 9.17) is 32.4 Å². The van der Waals surface area contributed by atoms with Crippen LogP contribution in [0.2, 0.25) is 10.0 Å². The third-order valence-corrected chi connectivity index (χ3v) is 3.99. The van der Waals surface area contributed by atoms with Crippen molar-refractivity contribution in [2.24, 2.45) is 0 Å². The maximum absolute atomic E-state index is 12.7. The van der Waals surface area contributed by atoms with Crippen molar-refractivity contribution in [3.8, 4) is 17.2 Å². The summed E-state index contributed by atoms with van der Waals surface area (Å²) >= 11 is 11.9. The zero-order valence-electron chi connectivity index (χ0n) is 11.5. The van der Waals surface area contributed by atoms with Gasteiger partial charge in [-0.15, -0.1) is 0 Å². The summed E-state index contributed by atoms with van der Waals surface area (Å²) in [5, 5.41) is 19.8. The van der Waals surface area contributed by atoms with E-state index in [-0.39, 0.29) is 37.7 Å². The van der Waals surface area contributed by atoms with E-state index >= 15 is 0 Å². The quantitative estimate of drug-likeness (QED) is 0.655.